The van der Waals surface area contributed by atoms with Crippen LogP contribution in [0.2, 0.25) is 0 Å². The minimum Gasteiger partial charge on any atom is -0.293 e. The average molecular weight is 342 g/mol. The molecular formula is C25H14N2. The van der Waals surface area contributed by atoms with Crippen LogP contribution in [0.5, 0.6) is 0 Å². The number of nitrogens with zero attached hydrogens (tertiary/aromatic N) is 2. The van der Waals surface area contributed by atoms with Gasteiger partial charge in [-0.3, -0.25) is 4.90 Å². The molecule has 0 bridgehead atoms. The first kappa shape index (κ1) is 13.5. The number of anilines is 3. The molecule has 2 aliphatic heterocycles. The van der Waals surface area contributed by atoms with Gasteiger partial charge in [0, 0.05) is 28.1 Å². The Labute approximate surface area is 156 Å². The van der Waals surface area contributed by atoms with E-state index in [2.05, 4.69) is 77.7 Å². The van der Waals surface area contributed by atoms with Crippen LogP contribution in [0.15, 0.2) is 85.1 Å². The molecule has 0 N–H and O–H groups in total. The van der Waals surface area contributed by atoms with Crippen LogP contribution < -0.4 is 4.90 Å². The van der Waals surface area contributed by atoms with Crippen molar-refractivity contribution in [3.05, 3.63) is 85.1 Å². The third kappa shape index (κ3) is 1.51. The maximum atomic E-state index is 4.82. The van der Waals surface area contributed by atoms with Gasteiger partial charge in [-0.15, -0.1) is 0 Å². The third-order valence-corrected chi connectivity index (χ3v) is 5.94. The second-order valence-corrected chi connectivity index (χ2v) is 7.26. The van der Waals surface area contributed by atoms with Crippen molar-refractivity contribution in [1.82, 2.24) is 4.98 Å². The maximum absolute atomic E-state index is 4.82. The van der Waals surface area contributed by atoms with Crippen molar-refractivity contribution >= 4 is 38.7 Å². The van der Waals surface area contributed by atoms with Crippen molar-refractivity contribution in [1.29, 1.82) is 0 Å². The number of rotatable bonds is 0. The van der Waals surface area contributed by atoms with E-state index >= 15 is 0 Å². The lowest BCUT2D eigenvalue weighted by Crippen LogP contribution is -2.20. The Morgan fingerprint density at radius 3 is 2.11 bits per heavy atom. The molecule has 3 heterocycles. The second-order valence-electron chi connectivity index (χ2n) is 7.26. The Bertz CT molecular complexity index is 1430. The van der Waals surface area contributed by atoms with E-state index in [0.29, 0.717) is 0 Å². The van der Waals surface area contributed by atoms with Crippen molar-refractivity contribution < 1.29 is 0 Å². The lowest BCUT2D eigenvalue weighted by molar-refractivity contribution is 1.18. The molecule has 0 saturated heterocycles. The molecule has 2 aliphatic rings. The van der Waals surface area contributed by atoms with Gasteiger partial charge in [-0.1, -0.05) is 60.7 Å². The molecule has 1 aromatic heterocycles. The summed E-state index contributed by atoms with van der Waals surface area (Å²) in [6.07, 6.45) is 1.90. The first-order valence-electron chi connectivity index (χ1n) is 9.25. The summed E-state index contributed by atoms with van der Waals surface area (Å²) in [5.41, 5.74) is 7.55. The van der Waals surface area contributed by atoms with E-state index in [1.54, 1.807) is 0 Å². The smallest absolute Gasteiger partial charge is 0.145 e. The van der Waals surface area contributed by atoms with Gasteiger partial charge in [0.2, 0.25) is 0 Å². The van der Waals surface area contributed by atoms with E-state index in [0.717, 1.165) is 5.82 Å². The Kier molecular flexibility index (Phi) is 2.28. The fourth-order valence-electron chi connectivity index (χ4n) is 4.89. The molecule has 0 aliphatic carbocycles. The Hall–Kier alpha value is -3.65. The highest BCUT2D eigenvalue weighted by Gasteiger charge is 2.33. The highest BCUT2D eigenvalue weighted by Crippen LogP contribution is 2.58. The molecule has 0 unspecified atom stereocenters. The van der Waals surface area contributed by atoms with Crippen molar-refractivity contribution in [2.24, 2.45) is 0 Å². The van der Waals surface area contributed by atoms with E-state index < -0.39 is 0 Å². The molecule has 0 spiro atoms. The molecule has 0 atom stereocenters. The largest absolute Gasteiger partial charge is 0.293 e. The minimum absolute atomic E-state index is 1.02. The molecule has 2 heteroatoms. The molecule has 0 saturated carbocycles. The lowest BCUT2D eigenvalue weighted by Gasteiger charge is -2.37. The van der Waals surface area contributed by atoms with Crippen LogP contribution in [0.25, 0.3) is 43.8 Å². The van der Waals surface area contributed by atoms with Crippen LogP contribution in [0, 0.1) is 0 Å². The highest BCUT2D eigenvalue weighted by atomic mass is 15.2. The highest BCUT2D eigenvalue weighted by molar-refractivity contribution is 6.23. The minimum atomic E-state index is 1.02. The number of pyridine rings is 1. The Morgan fingerprint density at radius 1 is 0.556 bits per heavy atom. The van der Waals surface area contributed by atoms with Crippen LogP contribution >= 0.6 is 0 Å². The van der Waals surface area contributed by atoms with E-state index in [1.807, 2.05) is 12.3 Å². The van der Waals surface area contributed by atoms with E-state index in [1.165, 1.54) is 55.2 Å². The number of fused-ring (bicyclic) bond motifs is 5. The predicted molar refractivity (Wildman–Crippen MR) is 112 cm³/mol. The van der Waals surface area contributed by atoms with Crippen LogP contribution in [-0.2, 0) is 0 Å². The molecule has 7 rings (SSSR count). The van der Waals surface area contributed by atoms with Gasteiger partial charge in [0.25, 0.3) is 0 Å². The van der Waals surface area contributed by atoms with Crippen molar-refractivity contribution in [2.75, 3.05) is 4.90 Å². The summed E-state index contributed by atoms with van der Waals surface area (Å²) in [6.45, 7) is 0. The first-order chi connectivity index (χ1) is 13.4. The molecule has 124 valence electrons. The molecular weight excluding hydrogens is 328 g/mol. The normalized spacial score (nSPS) is 13.1. The van der Waals surface area contributed by atoms with Gasteiger partial charge < -0.3 is 0 Å². The van der Waals surface area contributed by atoms with Crippen molar-refractivity contribution in [2.45, 2.75) is 0 Å². The lowest BCUT2D eigenvalue weighted by atomic mass is 9.84. The van der Waals surface area contributed by atoms with Gasteiger partial charge in [-0.05, 0) is 40.1 Å². The number of benzene rings is 4. The molecule has 0 radical (unpaired) electrons. The molecule has 2 nitrogen and oxygen atoms in total. The van der Waals surface area contributed by atoms with E-state index in [9.17, 15) is 0 Å². The topological polar surface area (TPSA) is 16.1 Å². The van der Waals surface area contributed by atoms with Gasteiger partial charge in [0.15, 0.2) is 0 Å². The molecule has 0 amide bonds. The number of aromatic nitrogens is 1. The van der Waals surface area contributed by atoms with E-state index in [-0.39, 0.29) is 0 Å². The van der Waals surface area contributed by atoms with Crippen molar-refractivity contribution in [3.63, 3.8) is 0 Å². The Balaban J connectivity index is 1.81. The standard InChI is InChI=1S/C25H14N2/c1-5-15-7-3-11-21-22(15)17(8-1)19-13-12-16-6-2-9-18-20-10-4-14-26-25(20)27(21)24(19)23(16)18/h1-14H. The average Bonchev–Trinajstić information content (AvgIpc) is 2.74. The first-order valence-corrected chi connectivity index (χ1v) is 9.25. The van der Waals surface area contributed by atoms with Crippen LogP contribution in [0.4, 0.5) is 17.2 Å². The van der Waals surface area contributed by atoms with Gasteiger partial charge in [-0.25, -0.2) is 4.98 Å². The quantitative estimate of drug-likeness (QED) is 0.301. The van der Waals surface area contributed by atoms with Crippen LogP contribution in [-0.4, -0.2) is 4.98 Å². The molecule has 5 aromatic rings. The predicted octanol–water partition coefficient (Wildman–Crippen LogP) is 6.82. The summed E-state index contributed by atoms with van der Waals surface area (Å²) >= 11 is 0. The maximum Gasteiger partial charge on any atom is 0.145 e. The fourth-order valence-corrected chi connectivity index (χ4v) is 4.89. The van der Waals surface area contributed by atoms with E-state index in [4.69, 9.17) is 4.98 Å². The van der Waals surface area contributed by atoms with Gasteiger partial charge in [0.1, 0.15) is 5.82 Å². The zero-order valence-electron chi connectivity index (χ0n) is 14.5. The second kappa shape index (κ2) is 4.54. The van der Waals surface area contributed by atoms with Crippen LogP contribution in [0.1, 0.15) is 0 Å². The summed E-state index contributed by atoms with van der Waals surface area (Å²) in [5.74, 6) is 1.02. The molecule has 0 fully saturated rings. The third-order valence-electron chi connectivity index (χ3n) is 5.94. The zero-order chi connectivity index (χ0) is 17.5. The summed E-state index contributed by atoms with van der Waals surface area (Å²) in [6, 6.07) is 28.5. The van der Waals surface area contributed by atoms with Crippen molar-refractivity contribution in [3.8, 4) is 22.3 Å². The number of hydrogen-bond donors (Lipinski definition) is 0. The summed E-state index contributed by atoms with van der Waals surface area (Å²) < 4.78 is 0. The molecule has 27 heavy (non-hydrogen) atoms. The zero-order valence-corrected chi connectivity index (χ0v) is 14.5. The summed E-state index contributed by atoms with van der Waals surface area (Å²) in [4.78, 5) is 7.19. The Morgan fingerprint density at radius 2 is 1.26 bits per heavy atom. The fraction of sp³-hybridized carbons (Fsp3) is 0. The summed E-state index contributed by atoms with van der Waals surface area (Å²) in [5, 5.41) is 5.18. The van der Waals surface area contributed by atoms with Crippen LogP contribution in [0.3, 0.4) is 0 Å². The van der Waals surface area contributed by atoms with Gasteiger partial charge in [-0.2, -0.15) is 0 Å². The molecule has 4 aromatic carbocycles. The van der Waals surface area contributed by atoms with Gasteiger partial charge in [0.05, 0.1) is 11.4 Å². The summed E-state index contributed by atoms with van der Waals surface area (Å²) in [7, 11) is 0. The monoisotopic (exact) mass is 342 g/mol. The van der Waals surface area contributed by atoms with Gasteiger partial charge >= 0.3 is 0 Å². The number of hydrogen-bond acceptors (Lipinski definition) is 2. The SMILES string of the molecule is c1cnc2c(c1)-c1cccc3ccc4c(c13)N2c1cccc2cccc-4c12.